The highest BCUT2D eigenvalue weighted by Crippen LogP contribution is 2.38. The van der Waals surface area contributed by atoms with Crippen molar-refractivity contribution in [3.63, 3.8) is 0 Å². The number of amides is 2. The van der Waals surface area contributed by atoms with E-state index in [9.17, 15) is 10.1 Å². The SMILES string of the molecule is Cc1ccc(NC(=O)N2C3CCCC2C3)cc1-c1cccnc1C#N. The summed E-state index contributed by atoms with van der Waals surface area (Å²) in [6.45, 7) is 1.99. The molecule has 5 heteroatoms. The van der Waals surface area contributed by atoms with Crippen LogP contribution in [0.1, 0.15) is 36.9 Å². The first-order valence-corrected chi connectivity index (χ1v) is 8.73. The summed E-state index contributed by atoms with van der Waals surface area (Å²) in [5.74, 6) is 0. The van der Waals surface area contributed by atoms with Gasteiger partial charge in [0.15, 0.2) is 0 Å². The molecule has 0 aliphatic carbocycles. The van der Waals surface area contributed by atoms with E-state index in [-0.39, 0.29) is 6.03 Å². The van der Waals surface area contributed by atoms with Gasteiger partial charge in [0.1, 0.15) is 11.8 Å². The van der Waals surface area contributed by atoms with Gasteiger partial charge < -0.3 is 10.2 Å². The zero-order valence-corrected chi connectivity index (χ0v) is 14.2. The van der Waals surface area contributed by atoms with Crippen molar-refractivity contribution >= 4 is 11.7 Å². The number of hydrogen-bond donors (Lipinski definition) is 1. The van der Waals surface area contributed by atoms with E-state index in [0.717, 1.165) is 41.6 Å². The highest BCUT2D eigenvalue weighted by molar-refractivity contribution is 5.91. The Morgan fingerprint density at radius 1 is 1.28 bits per heavy atom. The molecule has 0 saturated carbocycles. The van der Waals surface area contributed by atoms with Crippen LogP contribution in [0.3, 0.4) is 0 Å². The summed E-state index contributed by atoms with van der Waals surface area (Å²) in [5.41, 5.74) is 3.91. The molecule has 25 heavy (non-hydrogen) atoms. The van der Waals surface area contributed by atoms with Gasteiger partial charge >= 0.3 is 6.03 Å². The van der Waals surface area contributed by atoms with Crippen molar-refractivity contribution in [1.82, 2.24) is 9.88 Å². The summed E-state index contributed by atoms with van der Waals surface area (Å²) < 4.78 is 0. The molecule has 126 valence electrons. The third-order valence-electron chi connectivity index (χ3n) is 5.33. The third kappa shape index (κ3) is 2.74. The van der Waals surface area contributed by atoms with Crippen LogP contribution in [0.2, 0.25) is 0 Å². The standard InChI is InChI=1S/C20H20N4O/c1-13-7-8-14(10-18(13)17-6-3-9-22-19(17)12-21)23-20(25)24-15-4-2-5-16(24)11-15/h3,6-10,15-16H,2,4-5,11H2,1H3,(H,23,25). The van der Waals surface area contributed by atoms with Crippen LogP contribution < -0.4 is 5.32 Å². The van der Waals surface area contributed by atoms with Crippen molar-refractivity contribution in [2.24, 2.45) is 0 Å². The van der Waals surface area contributed by atoms with E-state index < -0.39 is 0 Å². The molecule has 2 unspecified atom stereocenters. The van der Waals surface area contributed by atoms with E-state index in [1.54, 1.807) is 6.20 Å². The summed E-state index contributed by atoms with van der Waals surface area (Å²) in [4.78, 5) is 18.7. The lowest BCUT2D eigenvalue weighted by Gasteiger charge is -2.52. The number of fused-ring (bicyclic) bond motifs is 2. The molecule has 2 amide bonds. The van der Waals surface area contributed by atoms with Crippen LogP contribution in [0.25, 0.3) is 11.1 Å². The summed E-state index contributed by atoms with van der Waals surface area (Å²) in [6, 6.07) is 12.5. The van der Waals surface area contributed by atoms with Gasteiger partial charge in [-0.05, 0) is 68.0 Å². The summed E-state index contributed by atoms with van der Waals surface area (Å²) in [7, 11) is 0. The Morgan fingerprint density at radius 3 is 2.80 bits per heavy atom. The fourth-order valence-electron chi connectivity index (χ4n) is 4.03. The zero-order valence-electron chi connectivity index (χ0n) is 14.2. The van der Waals surface area contributed by atoms with Gasteiger partial charge in [0.2, 0.25) is 0 Å². The molecule has 2 aliphatic heterocycles. The van der Waals surface area contributed by atoms with Gasteiger partial charge in [-0.15, -0.1) is 0 Å². The Labute approximate surface area is 147 Å². The molecule has 2 aromatic rings. The summed E-state index contributed by atoms with van der Waals surface area (Å²) in [6.07, 6.45) is 6.22. The molecular formula is C20H20N4O. The Morgan fingerprint density at radius 2 is 2.08 bits per heavy atom. The molecule has 2 aliphatic rings. The molecule has 2 saturated heterocycles. The largest absolute Gasteiger partial charge is 0.322 e. The zero-order chi connectivity index (χ0) is 17.4. The van der Waals surface area contributed by atoms with Gasteiger partial charge in [0, 0.05) is 29.5 Å². The van der Waals surface area contributed by atoms with E-state index >= 15 is 0 Å². The monoisotopic (exact) mass is 332 g/mol. The highest BCUT2D eigenvalue weighted by atomic mass is 16.2. The number of urea groups is 1. The average molecular weight is 332 g/mol. The molecule has 4 rings (SSSR count). The number of aryl methyl sites for hydroxylation is 1. The maximum Gasteiger partial charge on any atom is 0.322 e. The number of rotatable bonds is 2. The van der Waals surface area contributed by atoms with Gasteiger partial charge in [-0.3, -0.25) is 0 Å². The molecule has 2 bridgehead atoms. The number of nitrogens with one attached hydrogen (secondary N) is 1. The number of nitrogens with zero attached hydrogens (tertiary/aromatic N) is 3. The second-order valence-electron chi connectivity index (χ2n) is 6.85. The minimum Gasteiger partial charge on any atom is -0.318 e. The molecule has 3 heterocycles. The number of hydrogen-bond acceptors (Lipinski definition) is 3. The fraction of sp³-hybridized carbons (Fsp3) is 0.350. The molecular weight excluding hydrogens is 312 g/mol. The number of piperidine rings is 1. The topological polar surface area (TPSA) is 69.0 Å². The predicted octanol–water partition coefficient (Wildman–Crippen LogP) is 4.09. The van der Waals surface area contributed by atoms with Crippen LogP contribution in [-0.4, -0.2) is 28.0 Å². The lowest BCUT2D eigenvalue weighted by Crippen LogP contribution is -2.62. The first-order chi connectivity index (χ1) is 12.2. The number of carbonyl (C=O) groups excluding carboxylic acids is 1. The Bertz CT molecular complexity index is 856. The number of benzene rings is 1. The van der Waals surface area contributed by atoms with Gasteiger partial charge in [0.05, 0.1) is 0 Å². The van der Waals surface area contributed by atoms with Crippen LogP contribution in [0, 0.1) is 18.3 Å². The van der Waals surface area contributed by atoms with Gasteiger partial charge in [-0.2, -0.15) is 5.26 Å². The summed E-state index contributed by atoms with van der Waals surface area (Å²) in [5, 5.41) is 12.3. The highest BCUT2D eigenvalue weighted by Gasteiger charge is 2.44. The lowest BCUT2D eigenvalue weighted by molar-refractivity contribution is 0.0173. The molecule has 0 spiro atoms. The van der Waals surface area contributed by atoms with Gasteiger partial charge in [-0.25, -0.2) is 9.78 Å². The summed E-state index contributed by atoms with van der Waals surface area (Å²) >= 11 is 0. The molecule has 0 radical (unpaired) electrons. The normalized spacial score (nSPS) is 21.2. The van der Waals surface area contributed by atoms with E-state index in [2.05, 4.69) is 16.4 Å². The van der Waals surface area contributed by atoms with Gasteiger partial charge in [-0.1, -0.05) is 6.07 Å². The second-order valence-corrected chi connectivity index (χ2v) is 6.85. The number of aromatic nitrogens is 1. The van der Waals surface area contributed by atoms with Crippen LogP contribution in [0.5, 0.6) is 0 Å². The molecule has 5 nitrogen and oxygen atoms in total. The first kappa shape index (κ1) is 15.6. The van der Waals surface area contributed by atoms with Crippen molar-refractivity contribution in [2.45, 2.75) is 44.7 Å². The second kappa shape index (κ2) is 6.21. The van der Waals surface area contributed by atoms with Crippen LogP contribution in [-0.2, 0) is 0 Å². The van der Waals surface area contributed by atoms with E-state index in [4.69, 9.17) is 0 Å². The molecule has 1 aromatic heterocycles. The lowest BCUT2D eigenvalue weighted by atomic mass is 9.80. The Kier molecular flexibility index (Phi) is 3.89. The molecule has 2 atom stereocenters. The van der Waals surface area contributed by atoms with Crippen molar-refractivity contribution in [1.29, 1.82) is 5.26 Å². The van der Waals surface area contributed by atoms with Crippen LogP contribution in [0.15, 0.2) is 36.5 Å². The molecule has 1 aromatic carbocycles. The maximum absolute atomic E-state index is 12.6. The van der Waals surface area contributed by atoms with E-state index in [0.29, 0.717) is 17.8 Å². The Balaban J connectivity index is 1.60. The number of nitriles is 1. The quantitative estimate of drug-likeness (QED) is 0.900. The van der Waals surface area contributed by atoms with Crippen molar-refractivity contribution in [3.8, 4) is 17.2 Å². The molecule has 1 N–H and O–H groups in total. The average Bonchev–Trinajstić information content (AvgIpc) is 2.63. The number of pyridine rings is 1. The number of anilines is 1. The smallest absolute Gasteiger partial charge is 0.318 e. The number of carbonyl (C=O) groups is 1. The van der Waals surface area contributed by atoms with E-state index in [1.165, 1.54) is 6.42 Å². The fourth-order valence-corrected chi connectivity index (χ4v) is 4.03. The maximum atomic E-state index is 12.6. The van der Waals surface area contributed by atoms with Crippen LogP contribution in [0.4, 0.5) is 10.5 Å². The Hall–Kier alpha value is -2.87. The third-order valence-corrected chi connectivity index (χ3v) is 5.33. The first-order valence-electron chi connectivity index (χ1n) is 8.73. The van der Waals surface area contributed by atoms with Crippen molar-refractivity contribution in [3.05, 3.63) is 47.8 Å². The molecule has 2 fully saturated rings. The minimum atomic E-state index is -0.0116. The van der Waals surface area contributed by atoms with Crippen molar-refractivity contribution in [2.75, 3.05) is 5.32 Å². The minimum absolute atomic E-state index is 0.0116. The predicted molar refractivity (Wildman–Crippen MR) is 96.0 cm³/mol. The van der Waals surface area contributed by atoms with E-state index in [1.807, 2.05) is 42.2 Å². The van der Waals surface area contributed by atoms with Gasteiger partial charge in [0.25, 0.3) is 0 Å². The van der Waals surface area contributed by atoms with Crippen molar-refractivity contribution < 1.29 is 4.79 Å². The van der Waals surface area contributed by atoms with Crippen LogP contribution >= 0.6 is 0 Å².